The van der Waals surface area contributed by atoms with Crippen molar-refractivity contribution in [2.75, 3.05) is 44.6 Å². The molecule has 4 rings (SSSR count). The first-order chi connectivity index (χ1) is 23.8. The summed E-state index contributed by atoms with van der Waals surface area (Å²) < 4.78 is 69.9. The van der Waals surface area contributed by atoms with Gasteiger partial charge in [0.25, 0.3) is 5.91 Å². The highest BCUT2D eigenvalue weighted by atomic mass is 19.4. The Balaban J connectivity index is 0.000000543. The van der Waals surface area contributed by atoms with Crippen LogP contribution in [0.25, 0.3) is 33.4 Å². The highest BCUT2D eigenvalue weighted by Crippen LogP contribution is 2.42. The van der Waals surface area contributed by atoms with Gasteiger partial charge in [0.2, 0.25) is 0 Å². The Labute approximate surface area is 288 Å². The van der Waals surface area contributed by atoms with Crippen LogP contribution >= 0.6 is 0 Å². The van der Waals surface area contributed by atoms with Crippen LogP contribution in [0.3, 0.4) is 0 Å². The number of nitrogens with two attached hydrogens (primary N) is 1. The van der Waals surface area contributed by atoms with Crippen molar-refractivity contribution in [1.29, 1.82) is 0 Å². The lowest BCUT2D eigenvalue weighted by Crippen LogP contribution is -2.33. The lowest BCUT2D eigenvalue weighted by molar-refractivity contribution is -0.193. The van der Waals surface area contributed by atoms with Crippen molar-refractivity contribution < 1.29 is 55.4 Å². The van der Waals surface area contributed by atoms with Crippen molar-refractivity contribution in [2.24, 2.45) is 10.7 Å². The largest absolute Gasteiger partial charge is 0.490 e. The molecule has 0 atom stereocenters. The number of nitrogens with zero attached hydrogens (tertiary/aromatic N) is 1. The molecule has 7 N–H and O–H groups in total. The van der Waals surface area contributed by atoms with Gasteiger partial charge in [0.15, 0.2) is 0 Å². The zero-order valence-corrected chi connectivity index (χ0v) is 28.2. The Morgan fingerprint density at radius 2 is 1.49 bits per heavy atom. The summed E-state index contributed by atoms with van der Waals surface area (Å²) in [5.74, 6) is -4.84. The Hall–Kier alpha value is -5.16. The number of fused-ring (bicyclic) bond motifs is 2. The molecule has 0 bridgehead atoms. The fraction of sp³-hybridized carbons (Fsp3) is 0.353. The number of benzene rings is 3. The lowest BCUT2D eigenvalue weighted by atomic mass is 9.91. The van der Waals surface area contributed by atoms with Crippen molar-refractivity contribution in [2.45, 2.75) is 40.0 Å². The Morgan fingerprint density at radius 3 is 2.04 bits per heavy atom. The van der Waals surface area contributed by atoms with E-state index in [1.807, 2.05) is 31.2 Å². The van der Waals surface area contributed by atoms with E-state index in [-0.39, 0.29) is 5.91 Å². The molecule has 51 heavy (non-hydrogen) atoms. The van der Waals surface area contributed by atoms with Crippen LogP contribution in [0.5, 0.6) is 0 Å². The number of carboxylic acids is 2. The summed E-state index contributed by atoms with van der Waals surface area (Å²) in [6, 6.07) is 16.2. The van der Waals surface area contributed by atoms with Gasteiger partial charge in [-0.15, -0.1) is 0 Å². The molecular formula is C34H39F6N5O6. The summed E-state index contributed by atoms with van der Waals surface area (Å²) in [5.41, 5.74) is 13.2. The average Bonchev–Trinajstić information content (AvgIpc) is 3.04. The molecule has 0 radical (unpaired) electrons. The first-order valence-electron chi connectivity index (χ1n) is 15.5. The molecule has 1 aliphatic heterocycles. The first kappa shape index (κ1) is 42.0. The third-order valence-corrected chi connectivity index (χ3v) is 6.89. The number of alkyl halides is 6. The van der Waals surface area contributed by atoms with Crippen molar-refractivity contribution in [3.8, 4) is 22.5 Å². The lowest BCUT2D eigenvalue weighted by Gasteiger charge is -2.19. The second-order valence-electron chi connectivity index (χ2n) is 10.8. The number of aryl methyl sites for hydroxylation is 2. The number of halogens is 6. The van der Waals surface area contributed by atoms with Gasteiger partial charge in [-0.05, 0) is 68.7 Å². The highest BCUT2D eigenvalue weighted by molar-refractivity contribution is 6.04. The highest BCUT2D eigenvalue weighted by Gasteiger charge is 2.38. The predicted octanol–water partition coefficient (Wildman–Crippen LogP) is 5.72. The van der Waals surface area contributed by atoms with Gasteiger partial charge in [0.1, 0.15) is 11.3 Å². The molecule has 0 fully saturated rings. The van der Waals surface area contributed by atoms with E-state index < -0.39 is 24.3 Å². The van der Waals surface area contributed by atoms with Gasteiger partial charge in [-0.25, -0.2) is 9.59 Å². The summed E-state index contributed by atoms with van der Waals surface area (Å²) in [5, 5.41) is 25.8. The summed E-state index contributed by atoms with van der Waals surface area (Å²) in [6.07, 6.45) is -10.2. The Bertz CT molecular complexity index is 1830. The summed E-state index contributed by atoms with van der Waals surface area (Å²) >= 11 is 0. The third-order valence-electron chi connectivity index (χ3n) is 6.89. The third kappa shape index (κ3) is 12.3. The second kappa shape index (κ2) is 18.7. The van der Waals surface area contributed by atoms with Crippen molar-refractivity contribution in [3.63, 3.8) is 0 Å². The number of carbonyl (C=O) groups is 3. The zero-order chi connectivity index (χ0) is 38.5. The van der Waals surface area contributed by atoms with Crippen LogP contribution < -0.4 is 27.0 Å². The van der Waals surface area contributed by atoms with E-state index in [4.69, 9.17) is 30.0 Å². The van der Waals surface area contributed by atoms with E-state index in [0.717, 1.165) is 68.7 Å². The number of carbonyl (C=O) groups excluding carboxylic acids is 1. The smallest absolute Gasteiger partial charge is 0.475 e. The van der Waals surface area contributed by atoms with Crippen LogP contribution in [-0.4, -0.2) is 79.7 Å². The predicted molar refractivity (Wildman–Crippen MR) is 180 cm³/mol. The molecule has 2 aromatic rings. The maximum absolute atomic E-state index is 12.9. The number of nitrogens with one attached hydrogen (secondary N) is 3. The second-order valence-corrected chi connectivity index (χ2v) is 10.8. The summed E-state index contributed by atoms with van der Waals surface area (Å²) in [4.78, 5) is 35.4. The number of aliphatic carboxylic acids is 2. The topological polar surface area (TPSA) is 179 Å². The molecule has 0 saturated heterocycles. The van der Waals surface area contributed by atoms with Crippen LogP contribution in [0.4, 0.5) is 32.0 Å². The van der Waals surface area contributed by atoms with Crippen molar-refractivity contribution in [1.82, 2.24) is 10.6 Å². The molecule has 17 heteroatoms. The standard InChI is InChI=1S/C30H37N5O2.2C2HF3O2/c1-5-33-25-17-27-23(14-19(25)3)29(24-15-20(4)26(34-6-2)18-28(24)37-27)21-8-7-9-22(16-21)30(36)35-13-12-32-11-10-31;2*3-2(4,5)1(6)7/h7-9,14-18,32-33H,5-6,10-13,31H2,1-4H3,(H,35,36);2*(H,6,7). The molecule has 1 amide bonds. The van der Waals surface area contributed by atoms with E-state index in [0.29, 0.717) is 31.7 Å². The number of anilines is 1. The number of hydrogen-bond donors (Lipinski definition) is 6. The molecular weight excluding hydrogens is 688 g/mol. The van der Waals surface area contributed by atoms with Gasteiger partial charge in [-0.2, -0.15) is 26.3 Å². The number of carboxylic acid groups (broad SMARTS) is 2. The fourth-order valence-electron chi connectivity index (χ4n) is 4.63. The van der Waals surface area contributed by atoms with Gasteiger partial charge < -0.3 is 36.3 Å². The normalized spacial score (nSPS) is 11.7. The summed E-state index contributed by atoms with van der Waals surface area (Å²) in [6.45, 7) is 12.3. The molecule has 0 saturated carbocycles. The Kier molecular flexibility index (Phi) is 15.4. The van der Waals surface area contributed by atoms with Gasteiger partial charge in [-0.3, -0.25) is 9.79 Å². The number of hydrogen-bond acceptors (Lipinski definition) is 8. The van der Waals surface area contributed by atoms with E-state index in [1.165, 1.54) is 0 Å². The molecule has 11 nitrogen and oxygen atoms in total. The van der Waals surface area contributed by atoms with E-state index >= 15 is 0 Å². The van der Waals surface area contributed by atoms with Crippen LogP contribution in [-0.2, 0) is 9.59 Å². The maximum Gasteiger partial charge on any atom is 0.490 e. The summed E-state index contributed by atoms with van der Waals surface area (Å²) in [7, 11) is 0. The van der Waals surface area contributed by atoms with E-state index in [2.05, 4.69) is 66.0 Å². The Morgan fingerprint density at radius 1 is 0.863 bits per heavy atom. The number of rotatable bonds is 10. The van der Waals surface area contributed by atoms with E-state index in [1.54, 1.807) is 0 Å². The van der Waals surface area contributed by atoms with Crippen LogP contribution in [0, 0.1) is 13.8 Å². The zero-order valence-electron chi connectivity index (χ0n) is 28.2. The molecule has 1 heterocycles. The van der Waals surface area contributed by atoms with Gasteiger partial charge in [0.05, 0.1) is 5.36 Å². The van der Waals surface area contributed by atoms with E-state index in [9.17, 15) is 31.1 Å². The van der Waals surface area contributed by atoms with Crippen molar-refractivity contribution in [3.05, 3.63) is 70.6 Å². The minimum atomic E-state index is -5.08. The minimum absolute atomic E-state index is 0.101. The maximum atomic E-state index is 12.9. The first-order valence-corrected chi connectivity index (χ1v) is 15.5. The molecule has 1 aliphatic carbocycles. The SMILES string of the molecule is CCN=c1cc2oc3cc(NCC)c(C)cc3c(-c3cccc(C(=O)NCCNCCN)c3)c-2cc1C.O=C(O)C(F)(F)F.O=C(O)C(F)(F)F. The van der Waals surface area contributed by atoms with Gasteiger partial charge >= 0.3 is 24.3 Å². The average molecular weight is 728 g/mol. The molecule has 0 spiro atoms. The minimum Gasteiger partial charge on any atom is -0.475 e. The molecule has 2 aliphatic rings. The quantitative estimate of drug-likeness (QED) is 0.0677. The fourth-order valence-corrected chi connectivity index (χ4v) is 4.63. The van der Waals surface area contributed by atoms with Gasteiger partial charge in [-0.1, -0.05) is 12.1 Å². The van der Waals surface area contributed by atoms with Crippen molar-refractivity contribution >= 4 is 34.5 Å². The monoisotopic (exact) mass is 727 g/mol. The number of amides is 1. The van der Waals surface area contributed by atoms with Crippen LogP contribution in [0.15, 0.2) is 57.9 Å². The molecule has 0 aromatic heterocycles. The van der Waals surface area contributed by atoms with Crippen LogP contribution in [0.2, 0.25) is 0 Å². The molecule has 2 aromatic carbocycles. The molecule has 278 valence electrons. The van der Waals surface area contributed by atoms with Gasteiger partial charge in [0, 0.05) is 79.2 Å². The molecule has 0 unspecified atom stereocenters. The van der Waals surface area contributed by atoms with Crippen LogP contribution in [0.1, 0.15) is 35.3 Å².